The van der Waals surface area contributed by atoms with E-state index in [1.54, 1.807) is 7.11 Å². The molecule has 3 aromatic rings. The normalized spacial score (nSPS) is 13.3. The van der Waals surface area contributed by atoms with E-state index in [0.29, 0.717) is 23.9 Å². The molecule has 0 fully saturated rings. The summed E-state index contributed by atoms with van der Waals surface area (Å²) in [5.74, 6) is 2.43. The number of rotatable bonds is 12. The van der Waals surface area contributed by atoms with E-state index in [0.717, 1.165) is 67.1 Å². The second kappa shape index (κ2) is 12.0. The number of aliphatic hydroxyl groups excluding tert-OH is 1. The van der Waals surface area contributed by atoms with Crippen LogP contribution in [-0.2, 0) is 25.9 Å². The number of aryl methyl sites for hydroxylation is 2. The van der Waals surface area contributed by atoms with Crippen molar-refractivity contribution in [3.63, 3.8) is 0 Å². The van der Waals surface area contributed by atoms with E-state index in [4.69, 9.17) is 31.4 Å². The number of aromatic nitrogens is 2. The quantitative estimate of drug-likeness (QED) is 0.293. The van der Waals surface area contributed by atoms with Crippen LogP contribution in [0.2, 0.25) is 5.02 Å². The fourth-order valence-electron chi connectivity index (χ4n) is 4.33. The van der Waals surface area contributed by atoms with Crippen molar-refractivity contribution in [1.82, 2.24) is 15.3 Å². The molecule has 0 spiro atoms. The average molecular weight is 489 g/mol. The fraction of sp³-hybridized carbons (Fsp3) is 0.520. The number of benzene rings is 1. The van der Waals surface area contributed by atoms with Crippen LogP contribution in [0.15, 0.2) is 18.2 Å². The summed E-state index contributed by atoms with van der Waals surface area (Å²) in [5.41, 5.74) is 2.51. The minimum atomic E-state index is 0.282. The van der Waals surface area contributed by atoms with E-state index in [2.05, 4.69) is 10.6 Å². The lowest BCUT2D eigenvalue weighted by Gasteiger charge is -2.14. The maximum absolute atomic E-state index is 8.90. The molecule has 3 N–H and O–H groups in total. The first kappa shape index (κ1) is 24.2. The summed E-state index contributed by atoms with van der Waals surface area (Å²) >= 11 is 8.15. The minimum absolute atomic E-state index is 0.282. The molecule has 0 saturated carbocycles. The van der Waals surface area contributed by atoms with Crippen LogP contribution in [-0.4, -0.2) is 35.3 Å². The van der Waals surface area contributed by atoms with Crippen molar-refractivity contribution in [3.8, 4) is 5.75 Å². The monoisotopic (exact) mass is 488 g/mol. The molecule has 2 heterocycles. The Balaban J connectivity index is 1.50. The van der Waals surface area contributed by atoms with Crippen molar-refractivity contribution in [1.29, 1.82) is 0 Å². The SMILES string of the molecule is COc1ccc(CNc2nc(CNCCCCCCO)nc3sc4c(c23)CCCC4)cc1Cl. The second-order valence-corrected chi connectivity index (χ2v) is 10.0. The third-order valence-electron chi connectivity index (χ3n) is 6.08. The van der Waals surface area contributed by atoms with Crippen LogP contribution in [0.4, 0.5) is 5.82 Å². The van der Waals surface area contributed by atoms with Gasteiger partial charge in [0.15, 0.2) is 0 Å². The fourth-order valence-corrected chi connectivity index (χ4v) is 5.89. The highest BCUT2D eigenvalue weighted by atomic mass is 35.5. The number of aliphatic hydroxyl groups is 1. The molecule has 0 unspecified atom stereocenters. The van der Waals surface area contributed by atoms with Crippen molar-refractivity contribution in [2.75, 3.05) is 25.6 Å². The maximum atomic E-state index is 8.90. The highest BCUT2D eigenvalue weighted by Crippen LogP contribution is 2.38. The van der Waals surface area contributed by atoms with E-state index < -0.39 is 0 Å². The molecular formula is C25H33ClN4O2S. The zero-order valence-electron chi connectivity index (χ0n) is 19.3. The highest BCUT2D eigenvalue weighted by Gasteiger charge is 2.21. The Morgan fingerprint density at radius 1 is 1.09 bits per heavy atom. The van der Waals surface area contributed by atoms with Gasteiger partial charge in [-0.2, -0.15) is 0 Å². The van der Waals surface area contributed by atoms with Gasteiger partial charge in [-0.25, -0.2) is 9.97 Å². The van der Waals surface area contributed by atoms with Crippen LogP contribution in [0.3, 0.4) is 0 Å². The number of fused-ring (bicyclic) bond motifs is 3. The highest BCUT2D eigenvalue weighted by molar-refractivity contribution is 7.19. The van der Waals surface area contributed by atoms with Crippen LogP contribution in [0, 0.1) is 0 Å². The molecule has 1 aliphatic rings. The molecule has 2 aromatic heterocycles. The molecule has 1 aliphatic carbocycles. The predicted octanol–water partition coefficient (Wildman–Crippen LogP) is 5.49. The van der Waals surface area contributed by atoms with Gasteiger partial charge in [0.05, 0.1) is 24.1 Å². The van der Waals surface area contributed by atoms with E-state index in [1.807, 2.05) is 29.5 Å². The number of nitrogens with zero attached hydrogens (tertiary/aromatic N) is 2. The van der Waals surface area contributed by atoms with Gasteiger partial charge >= 0.3 is 0 Å². The Labute approximate surface area is 204 Å². The van der Waals surface area contributed by atoms with Crippen LogP contribution in [0.5, 0.6) is 5.75 Å². The van der Waals surface area contributed by atoms with Crippen LogP contribution in [0.1, 0.15) is 60.4 Å². The summed E-state index contributed by atoms with van der Waals surface area (Å²) in [6, 6.07) is 5.86. The standard InChI is InChI=1S/C25H33ClN4O2S/c1-32-20-11-10-17(14-19(20)26)15-28-24-23-18-8-4-5-9-21(18)33-25(23)30-22(29-24)16-27-12-6-2-3-7-13-31/h10-11,14,27,31H,2-9,12-13,15-16H2,1H3,(H,28,29,30). The van der Waals surface area contributed by atoms with Gasteiger partial charge in [0.2, 0.25) is 0 Å². The molecule has 0 aliphatic heterocycles. The lowest BCUT2D eigenvalue weighted by Crippen LogP contribution is -2.17. The molecule has 178 valence electrons. The van der Waals surface area contributed by atoms with Gasteiger partial charge in [0.25, 0.3) is 0 Å². The van der Waals surface area contributed by atoms with Crippen LogP contribution >= 0.6 is 22.9 Å². The lowest BCUT2D eigenvalue weighted by atomic mass is 9.97. The Morgan fingerprint density at radius 3 is 2.76 bits per heavy atom. The largest absolute Gasteiger partial charge is 0.495 e. The van der Waals surface area contributed by atoms with Gasteiger partial charge in [-0.15, -0.1) is 11.3 Å². The smallest absolute Gasteiger partial charge is 0.146 e. The van der Waals surface area contributed by atoms with Gasteiger partial charge in [-0.1, -0.05) is 30.5 Å². The summed E-state index contributed by atoms with van der Waals surface area (Å²) in [7, 11) is 1.63. The number of hydrogen-bond donors (Lipinski definition) is 3. The van der Waals surface area contributed by atoms with E-state index in [1.165, 1.54) is 28.7 Å². The van der Waals surface area contributed by atoms with Crippen molar-refractivity contribution < 1.29 is 9.84 Å². The van der Waals surface area contributed by atoms with Crippen molar-refractivity contribution >= 4 is 39.0 Å². The topological polar surface area (TPSA) is 79.3 Å². The molecule has 4 rings (SSSR count). The number of ether oxygens (including phenoxy) is 1. The van der Waals surface area contributed by atoms with Crippen molar-refractivity contribution in [3.05, 3.63) is 45.1 Å². The molecular weight excluding hydrogens is 456 g/mol. The number of halogens is 1. The molecule has 0 radical (unpaired) electrons. The Kier molecular flexibility index (Phi) is 8.78. The minimum Gasteiger partial charge on any atom is -0.495 e. The van der Waals surface area contributed by atoms with Gasteiger partial charge in [0, 0.05) is 18.0 Å². The summed E-state index contributed by atoms with van der Waals surface area (Å²) < 4.78 is 5.27. The van der Waals surface area contributed by atoms with E-state index >= 15 is 0 Å². The first-order valence-corrected chi connectivity index (χ1v) is 13.1. The number of anilines is 1. The molecule has 8 heteroatoms. The number of thiophene rings is 1. The number of nitrogens with one attached hydrogen (secondary N) is 2. The average Bonchev–Trinajstić information content (AvgIpc) is 3.20. The van der Waals surface area contributed by atoms with Gasteiger partial charge in [0.1, 0.15) is 22.2 Å². The Bertz CT molecular complexity index is 1070. The number of hydrogen-bond acceptors (Lipinski definition) is 7. The van der Waals surface area contributed by atoms with Crippen LogP contribution < -0.4 is 15.4 Å². The van der Waals surface area contributed by atoms with Gasteiger partial charge in [-0.05, 0) is 68.3 Å². The lowest BCUT2D eigenvalue weighted by molar-refractivity contribution is 0.282. The maximum Gasteiger partial charge on any atom is 0.146 e. The third kappa shape index (κ3) is 6.15. The van der Waals surface area contributed by atoms with Gasteiger partial charge in [-0.3, -0.25) is 0 Å². The summed E-state index contributed by atoms with van der Waals surface area (Å²) in [6.45, 7) is 2.51. The van der Waals surface area contributed by atoms with E-state index in [9.17, 15) is 0 Å². The van der Waals surface area contributed by atoms with E-state index in [-0.39, 0.29) is 6.61 Å². The summed E-state index contributed by atoms with van der Waals surface area (Å²) in [5, 5.41) is 17.8. The van der Waals surface area contributed by atoms with Gasteiger partial charge < -0.3 is 20.5 Å². The van der Waals surface area contributed by atoms with Crippen molar-refractivity contribution in [2.45, 2.75) is 64.5 Å². The number of methoxy groups -OCH3 is 1. The second-order valence-electron chi connectivity index (χ2n) is 8.52. The zero-order valence-corrected chi connectivity index (χ0v) is 20.8. The molecule has 33 heavy (non-hydrogen) atoms. The first-order chi connectivity index (χ1) is 16.2. The van der Waals surface area contributed by atoms with Crippen molar-refractivity contribution in [2.24, 2.45) is 0 Å². The predicted molar refractivity (Wildman–Crippen MR) is 137 cm³/mol. The summed E-state index contributed by atoms with van der Waals surface area (Å²) in [4.78, 5) is 12.4. The van der Waals surface area contributed by atoms with Crippen LogP contribution in [0.25, 0.3) is 10.2 Å². The molecule has 0 amide bonds. The molecule has 0 atom stereocenters. The first-order valence-electron chi connectivity index (χ1n) is 11.9. The third-order valence-corrected chi connectivity index (χ3v) is 7.56. The molecule has 6 nitrogen and oxygen atoms in total. The Hall–Kier alpha value is -1.93. The molecule has 0 saturated heterocycles. The molecule has 1 aromatic carbocycles. The number of unbranched alkanes of at least 4 members (excludes halogenated alkanes) is 3. The Morgan fingerprint density at radius 2 is 1.94 bits per heavy atom. The molecule has 0 bridgehead atoms. The summed E-state index contributed by atoms with van der Waals surface area (Å²) in [6.07, 6.45) is 8.92. The zero-order chi connectivity index (χ0) is 23.0.